The molecular formula is C16H19NO. The number of hydrogen-bond acceptors (Lipinski definition) is 2. The summed E-state index contributed by atoms with van der Waals surface area (Å²) in [5.41, 5.74) is 3.74. The summed E-state index contributed by atoms with van der Waals surface area (Å²) >= 11 is 0. The monoisotopic (exact) mass is 241 g/mol. The molecule has 0 bridgehead atoms. The number of pyridine rings is 1. The van der Waals surface area contributed by atoms with E-state index in [0.717, 1.165) is 18.3 Å². The summed E-state index contributed by atoms with van der Waals surface area (Å²) < 4.78 is 0. The Kier molecular flexibility index (Phi) is 6.41. The Morgan fingerprint density at radius 2 is 1.67 bits per heavy atom. The van der Waals surface area contributed by atoms with E-state index in [1.807, 2.05) is 12.1 Å². The molecule has 0 saturated heterocycles. The number of carbonyl (C=O) groups excluding carboxylic acids is 1. The van der Waals surface area contributed by atoms with E-state index in [4.69, 9.17) is 0 Å². The molecule has 0 unspecified atom stereocenters. The third-order valence-corrected chi connectivity index (χ3v) is 2.56. The number of aromatic nitrogens is 1. The lowest BCUT2D eigenvalue weighted by atomic mass is 10.2. The molecule has 1 heterocycles. The molecule has 1 aliphatic carbocycles. The third-order valence-electron chi connectivity index (χ3n) is 2.56. The van der Waals surface area contributed by atoms with Crippen LogP contribution in [0.15, 0.2) is 60.0 Å². The van der Waals surface area contributed by atoms with E-state index in [9.17, 15) is 4.79 Å². The van der Waals surface area contributed by atoms with Gasteiger partial charge in [-0.15, -0.1) is 0 Å². The van der Waals surface area contributed by atoms with Gasteiger partial charge in [-0.2, -0.15) is 0 Å². The molecule has 2 rings (SSSR count). The highest BCUT2D eigenvalue weighted by atomic mass is 16.1. The van der Waals surface area contributed by atoms with Crippen LogP contribution in [0.2, 0.25) is 0 Å². The summed E-state index contributed by atoms with van der Waals surface area (Å²) in [5, 5.41) is 0. The molecule has 0 radical (unpaired) electrons. The average molecular weight is 241 g/mol. The van der Waals surface area contributed by atoms with Crippen molar-refractivity contribution >= 4 is 6.29 Å². The number of carbonyl (C=O) groups is 1. The summed E-state index contributed by atoms with van der Waals surface area (Å²) in [7, 11) is 0. The number of aldehydes is 1. The van der Waals surface area contributed by atoms with Gasteiger partial charge in [-0.1, -0.05) is 35.5 Å². The van der Waals surface area contributed by atoms with Crippen LogP contribution >= 0.6 is 0 Å². The number of hydrogen-bond donors (Lipinski definition) is 0. The second-order valence-corrected chi connectivity index (χ2v) is 4.19. The molecule has 0 aromatic carbocycles. The van der Waals surface area contributed by atoms with Crippen LogP contribution in [-0.4, -0.2) is 11.3 Å². The molecule has 1 aromatic rings. The van der Waals surface area contributed by atoms with E-state index < -0.39 is 0 Å². The second kappa shape index (κ2) is 8.18. The highest BCUT2D eigenvalue weighted by Gasteiger charge is 1.87. The van der Waals surface area contributed by atoms with E-state index in [1.54, 1.807) is 12.4 Å². The number of allylic oxidation sites excluding steroid dienone is 6. The Morgan fingerprint density at radius 1 is 1.11 bits per heavy atom. The Balaban J connectivity index is 0.000000180. The lowest BCUT2D eigenvalue weighted by Crippen LogP contribution is -1.83. The molecule has 2 heteroatoms. The van der Waals surface area contributed by atoms with Crippen molar-refractivity contribution < 1.29 is 4.79 Å². The normalized spacial score (nSPS) is 13.7. The molecule has 94 valence electrons. The van der Waals surface area contributed by atoms with E-state index in [0.29, 0.717) is 6.42 Å². The van der Waals surface area contributed by atoms with Gasteiger partial charge in [0.25, 0.3) is 0 Å². The van der Waals surface area contributed by atoms with Gasteiger partial charge < -0.3 is 4.79 Å². The van der Waals surface area contributed by atoms with E-state index in [1.165, 1.54) is 11.1 Å². The quantitative estimate of drug-likeness (QED) is 0.740. The van der Waals surface area contributed by atoms with Crippen LogP contribution in [0.3, 0.4) is 0 Å². The van der Waals surface area contributed by atoms with E-state index >= 15 is 0 Å². The second-order valence-electron chi connectivity index (χ2n) is 4.19. The van der Waals surface area contributed by atoms with Crippen molar-refractivity contribution in [1.82, 2.24) is 4.98 Å². The zero-order valence-corrected chi connectivity index (χ0v) is 11.0. The smallest absolute Gasteiger partial charge is 0.124 e. The van der Waals surface area contributed by atoms with E-state index in [2.05, 4.69) is 43.1 Å². The van der Waals surface area contributed by atoms with Crippen LogP contribution in [0.4, 0.5) is 0 Å². The van der Waals surface area contributed by atoms with Crippen molar-refractivity contribution in [3.05, 3.63) is 65.5 Å². The largest absolute Gasteiger partial charge is 0.303 e. The highest BCUT2D eigenvalue weighted by molar-refractivity contribution is 5.54. The van der Waals surface area contributed by atoms with Crippen LogP contribution in [0.5, 0.6) is 0 Å². The van der Waals surface area contributed by atoms with Crippen LogP contribution in [0, 0.1) is 0 Å². The van der Waals surface area contributed by atoms with Gasteiger partial charge in [0.15, 0.2) is 0 Å². The molecule has 0 amide bonds. The van der Waals surface area contributed by atoms with Gasteiger partial charge in [-0.25, -0.2) is 0 Å². The molecule has 0 fully saturated rings. The minimum Gasteiger partial charge on any atom is -0.303 e. The van der Waals surface area contributed by atoms with Gasteiger partial charge in [0.05, 0.1) is 0 Å². The van der Waals surface area contributed by atoms with Crippen molar-refractivity contribution in [1.29, 1.82) is 0 Å². The molecule has 0 N–H and O–H groups in total. The van der Waals surface area contributed by atoms with Gasteiger partial charge in [0.2, 0.25) is 0 Å². The minimum atomic E-state index is 0.489. The fraction of sp³-hybridized carbons (Fsp3) is 0.250. The van der Waals surface area contributed by atoms with Crippen molar-refractivity contribution in [2.24, 2.45) is 0 Å². The molecule has 1 aliphatic rings. The topological polar surface area (TPSA) is 30.0 Å². The number of rotatable bonds is 2. The molecule has 0 aliphatic heterocycles. The van der Waals surface area contributed by atoms with Crippen molar-refractivity contribution in [2.75, 3.05) is 0 Å². The molecule has 18 heavy (non-hydrogen) atoms. The summed E-state index contributed by atoms with van der Waals surface area (Å²) in [4.78, 5) is 13.8. The first kappa shape index (κ1) is 14.1. The van der Waals surface area contributed by atoms with Crippen LogP contribution < -0.4 is 0 Å². The third kappa shape index (κ3) is 5.94. The predicted octanol–water partition coefficient (Wildman–Crippen LogP) is 3.66. The highest BCUT2D eigenvalue weighted by Crippen LogP contribution is 2.08. The maximum absolute atomic E-state index is 9.95. The fourth-order valence-electron chi connectivity index (χ4n) is 1.44. The van der Waals surface area contributed by atoms with Crippen molar-refractivity contribution in [3.63, 3.8) is 0 Å². The van der Waals surface area contributed by atoms with Gasteiger partial charge in [0.1, 0.15) is 6.29 Å². The van der Waals surface area contributed by atoms with Crippen LogP contribution in [-0.2, 0) is 11.2 Å². The standard InChI is InChI=1S/C9H12.C7H7NO/c1-8-4-3-5-9(2)7-6-8;9-6-3-7-1-4-8-5-2-7/h4-7H,3H2,1-2H3;1-2,4-6H,3H2. The zero-order chi connectivity index (χ0) is 13.2. The first-order valence-corrected chi connectivity index (χ1v) is 6.06. The Bertz CT molecular complexity index is 435. The first-order valence-electron chi connectivity index (χ1n) is 6.06. The summed E-state index contributed by atoms with van der Waals surface area (Å²) in [6.07, 6.45) is 14.6. The summed E-state index contributed by atoms with van der Waals surface area (Å²) in [6.45, 7) is 4.26. The maximum atomic E-state index is 9.95. The Labute approximate surface area is 109 Å². The molecule has 1 aromatic heterocycles. The summed E-state index contributed by atoms with van der Waals surface area (Å²) in [6, 6.07) is 3.66. The van der Waals surface area contributed by atoms with Crippen molar-refractivity contribution in [3.8, 4) is 0 Å². The first-order chi connectivity index (χ1) is 8.72. The lowest BCUT2D eigenvalue weighted by Gasteiger charge is -1.88. The fourth-order valence-corrected chi connectivity index (χ4v) is 1.44. The Hall–Kier alpha value is -1.96. The Morgan fingerprint density at radius 3 is 2.17 bits per heavy atom. The molecule has 0 atom stereocenters. The van der Waals surface area contributed by atoms with Gasteiger partial charge in [-0.3, -0.25) is 4.98 Å². The predicted molar refractivity (Wildman–Crippen MR) is 75.3 cm³/mol. The SMILES string of the molecule is CC1=CCC=C(C)C=C1.O=CCc1ccncc1. The van der Waals surface area contributed by atoms with Crippen LogP contribution in [0.25, 0.3) is 0 Å². The molecule has 2 nitrogen and oxygen atoms in total. The molecular weight excluding hydrogens is 222 g/mol. The zero-order valence-electron chi connectivity index (χ0n) is 11.0. The molecule has 0 saturated carbocycles. The van der Waals surface area contributed by atoms with Gasteiger partial charge >= 0.3 is 0 Å². The maximum Gasteiger partial charge on any atom is 0.124 e. The summed E-state index contributed by atoms with van der Waals surface area (Å²) in [5.74, 6) is 0. The van der Waals surface area contributed by atoms with Crippen LogP contribution in [0.1, 0.15) is 25.8 Å². The van der Waals surface area contributed by atoms with Crippen molar-refractivity contribution in [2.45, 2.75) is 26.7 Å². The minimum absolute atomic E-state index is 0.489. The lowest BCUT2D eigenvalue weighted by molar-refractivity contribution is -0.107. The average Bonchev–Trinajstić information content (AvgIpc) is 2.57. The van der Waals surface area contributed by atoms with E-state index in [-0.39, 0.29) is 0 Å². The van der Waals surface area contributed by atoms with Gasteiger partial charge in [-0.05, 0) is 38.0 Å². The number of nitrogens with zero attached hydrogens (tertiary/aromatic N) is 1. The molecule has 0 spiro atoms. The van der Waals surface area contributed by atoms with Gasteiger partial charge in [0, 0.05) is 18.8 Å².